The quantitative estimate of drug-likeness (QED) is 0.703. The number of allylic oxidation sites excluding steroid dienone is 1. The Morgan fingerprint density at radius 2 is 2.19 bits per heavy atom. The number of methoxy groups -OCH3 is 1. The van der Waals surface area contributed by atoms with Crippen LogP contribution in [0.3, 0.4) is 0 Å². The standard InChI is InChI=1S/C11H16N2O3/c1-6-5-7-8(9(12-6)15-4)13-10(14)16-11(7,2)3/h5,9,12H,1-4H3,(H,13,14). The molecular formula is C11H16N2O3. The van der Waals surface area contributed by atoms with E-state index < -0.39 is 11.7 Å². The second-order valence-corrected chi connectivity index (χ2v) is 4.44. The molecule has 2 heterocycles. The Labute approximate surface area is 94.5 Å². The van der Waals surface area contributed by atoms with Crippen LogP contribution in [0.5, 0.6) is 0 Å². The first-order valence-corrected chi connectivity index (χ1v) is 5.16. The number of dihydropyridines is 1. The Balaban J connectivity index is 2.49. The molecule has 2 aliphatic heterocycles. The lowest BCUT2D eigenvalue weighted by atomic mass is 9.91. The van der Waals surface area contributed by atoms with Gasteiger partial charge < -0.3 is 14.8 Å². The monoisotopic (exact) mass is 224 g/mol. The van der Waals surface area contributed by atoms with Crippen LogP contribution in [0.1, 0.15) is 20.8 Å². The van der Waals surface area contributed by atoms with E-state index in [1.54, 1.807) is 7.11 Å². The van der Waals surface area contributed by atoms with Gasteiger partial charge in [-0.05, 0) is 26.8 Å². The number of cyclic esters (lactones) is 1. The molecule has 0 spiro atoms. The Bertz CT molecular complexity index is 396. The third-order valence-electron chi connectivity index (χ3n) is 2.74. The average Bonchev–Trinajstić information content (AvgIpc) is 2.17. The molecule has 1 atom stereocenters. The Kier molecular flexibility index (Phi) is 2.42. The largest absolute Gasteiger partial charge is 0.438 e. The predicted octanol–water partition coefficient (Wildman–Crippen LogP) is 1.24. The Morgan fingerprint density at radius 1 is 1.50 bits per heavy atom. The molecule has 0 aromatic heterocycles. The van der Waals surface area contributed by atoms with Crippen molar-refractivity contribution in [2.45, 2.75) is 32.6 Å². The third-order valence-corrected chi connectivity index (χ3v) is 2.74. The Morgan fingerprint density at radius 3 is 2.81 bits per heavy atom. The van der Waals surface area contributed by atoms with E-state index in [9.17, 15) is 4.79 Å². The van der Waals surface area contributed by atoms with Gasteiger partial charge in [0.1, 0.15) is 5.60 Å². The zero-order valence-corrected chi connectivity index (χ0v) is 9.88. The summed E-state index contributed by atoms with van der Waals surface area (Å²) in [5.74, 6) is 0. The molecule has 0 fully saturated rings. The molecule has 16 heavy (non-hydrogen) atoms. The van der Waals surface area contributed by atoms with Crippen molar-refractivity contribution in [2.75, 3.05) is 7.11 Å². The van der Waals surface area contributed by atoms with Crippen molar-refractivity contribution in [2.24, 2.45) is 0 Å². The molecule has 5 heteroatoms. The summed E-state index contributed by atoms with van der Waals surface area (Å²) in [5.41, 5.74) is 2.03. The molecule has 0 saturated carbocycles. The topological polar surface area (TPSA) is 59.6 Å². The SMILES string of the molecule is COC1NC(C)=CC2=C1NC(=O)OC2(C)C. The number of alkyl carbamates (subject to hydrolysis) is 1. The van der Waals surface area contributed by atoms with Gasteiger partial charge in [0.25, 0.3) is 0 Å². The molecule has 0 aliphatic carbocycles. The minimum atomic E-state index is -0.627. The van der Waals surface area contributed by atoms with E-state index in [2.05, 4.69) is 10.6 Å². The molecule has 0 aromatic carbocycles. The maximum atomic E-state index is 11.4. The van der Waals surface area contributed by atoms with Gasteiger partial charge in [-0.3, -0.25) is 5.32 Å². The van der Waals surface area contributed by atoms with Crippen LogP contribution in [-0.4, -0.2) is 25.0 Å². The third kappa shape index (κ3) is 1.67. The van der Waals surface area contributed by atoms with E-state index in [1.165, 1.54) is 0 Å². The minimum Gasteiger partial charge on any atom is -0.438 e. The number of hydrogen-bond donors (Lipinski definition) is 2. The van der Waals surface area contributed by atoms with Crippen LogP contribution in [0.15, 0.2) is 23.0 Å². The van der Waals surface area contributed by atoms with Crippen LogP contribution in [0, 0.1) is 0 Å². The molecule has 0 radical (unpaired) electrons. The van der Waals surface area contributed by atoms with Gasteiger partial charge in [0.2, 0.25) is 0 Å². The van der Waals surface area contributed by atoms with E-state index in [4.69, 9.17) is 9.47 Å². The first kappa shape index (κ1) is 11.0. The van der Waals surface area contributed by atoms with Crippen LogP contribution in [0.2, 0.25) is 0 Å². The number of hydrogen-bond acceptors (Lipinski definition) is 4. The maximum Gasteiger partial charge on any atom is 0.412 e. The zero-order chi connectivity index (χ0) is 11.9. The second-order valence-electron chi connectivity index (χ2n) is 4.44. The van der Waals surface area contributed by atoms with Crippen molar-refractivity contribution in [3.05, 3.63) is 23.0 Å². The molecule has 1 unspecified atom stereocenters. The summed E-state index contributed by atoms with van der Waals surface area (Å²) in [7, 11) is 1.59. The molecule has 88 valence electrons. The van der Waals surface area contributed by atoms with E-state index in [0.29, 0.717) is 0 Å². The molecular weight excluding hydrogens is 208 g/mol. The van der Waals surface area contributed by atoms with Crippen LogP contribution >= 0.6 is 0 Å². The molecule has 0 bridgehead atoms. The smallest absolute Gasteiger partial charge is 0.412 e. The fourth-order valence-electron chi connectivity index (χ4n) is 1.99. The van der Waals surface area contributed by atoms with E-state index in [1.807, 2.05) is 26.8 Å². The lowest BCUT2D eigenvalue weighted by Gasteiger charge is -2.39. The van der Waals surface area contributed by atoms with Gasteiger partial charge in [-0.1, -0.05) is 0 Å². The van der Waals surface area contributed by atoms with Crippen molar-refractivity contribution in [3.8, 4) is 0 Å². The van der Waals surface area contributed by atoms with Crippen LogP contribution in [0.25, 0.3) is 0 Å². The maximum absolute atomic E-state index is 11.4. The van der Waals surface area contributed by atoms with Gasteiger partial charge in [0, 0.05) is 18.4 Å². The van der Waals surface area contributed by atoms with Crippen LogP contribution < -0.4 is 10.6 Å². The van der Waals surface area contributed by atoms with Crippen molar-refractivity contribution < 1.29 is 14.3 Å². The molecule has 2 aliphatic rings. The Hall–Kier alpha value is -1.49. The fraction of sp³-hybridized carbons (Fsp3) is 0.545. The van der Waals surface area contributed by atoms with Crippen molar-refractivity contribution >= 4 is 6.09 Å². The van der Waals surface area contributed by atoms with Crippen molar-refractivity contribution in [1.29, 1.82) is 0 Å². The van der Waals surface area contributed by atoms with Gasteiger partial charge in [0.15, 0.2) is 6.23 Å². The normalized spacial score (nSPS) is 27.4. The average molecular weight is 224 g/mol. The van der Waals surface area contributed by atoms with E-state index >= 15 is 0 Å². The molecule has 5 nitrogen and oxygen atoms in total. The molecule has 2 rings (SSSR count). The van der Waals surface area contributed by atoms with Gasteiger partial charge in [-0.25, -0.2) is 4.79 Å². The molecule has 0 saturated heterocycles. The summed E-state index contributed by atoms with van der Waals surface area (Å²) in [6.07, 6.45) is 1.19. The van der Waals surface area contributed by atoms with Crippen molar-refractivity contribution in [1.82, 2.24) is 10.6 Å². The summed E-state index contributed by atoms with van der Waals surface area (Å²) < 4.78 is 10.5. The first-order chi connectivity index (χ1) is 7.44. The fourth-order valence-corrected chi connectivity index (χ4v) is 1.99. The van der Waals surface area contributed by atoms with Gasteiger partial charge in [-0.2, -0.15) is 0 Å². The summed E-state index contributed by atoms with van der Waals surface area (Å²) in [4.78, 5) is 11.4. The highest BCUT2D eigenvalue weighted by Crippen LogP contribution is 2.32. The lowest BCUT2D eigenvalue weighted by molar-refractivity contribution is 0.0409. The van der Waals surface area contributed by atoms with Gasteiger partial charge in [-0.15, -0.1) is 0 Å². The van der Waals surface area contributed by atoms with Crippen LogP contribution in [0.4, 0.5) is 4.79 Å². The molecule has 0 aromatic rings. The van der Waals surface area contributed by atoms with Gasteiger partial charge in [0.05, 0.1) is 5.70 Å². The first-order valence-electron chi connectivity index (χ1n) is 5.16. The van der Waals surface area contributed by atoms with E-state index in [-0.39, 0.29) is 6.23 Å². The molecule has 1 amide bonds. The van der Waals surface area contributed by atoms with E-state index in [0.717, 1.165) is 17.0 Å². The number of rotatable bonds is 1. The number of carbonyl (C=O) groups is 1. The zero-order valence-electron chi connectivity index (χ0n) is 9.88. The number of nitrogens with one attached hydrogen (secondary N) is 2. The van der Waals surface area contributed by atoms with Gasteiger partial charge >= 0.3 is 6.09 Å². The summed E-state index contributed by atoms with van der Waals surface area (Å²) >= 11 is 0. The minimum absolute atomic E-state index is 0.327. The lowest BCUT2D eigenvalue weighted by Crippen LogP contribution is -2.51. The number of carbonyl (C=O) groups excluding carboxylic acids is 1. The number of amides is 1. The summed E-state index contributed by atoms with van der Waals surface area (Å²) in [5, 5.41) is 5.82. The summed E-state index contributed by atoms with van der Waals surface area (Å²) in [6, 6.07) is 0. The van der Waals surface area contributed by atoms with Crippen molar-refractivity contribution in [3.63, 3.8) is 0 Å². The highest BCUT2D eigenvalue weighted by atomic mass is 16.6. The van der Waals surface area contributed by atoms with Crippen LogP contribution in [-0.2, 0) is 9.47 Å². The second kappa shape index (κ2) is 3.52. The highest BCUT2D eigenvalue weighted by Gasteiger charge is 2.39. The summed E-state index contributed by atoms with van der Waals surface area (Å²) in [6.45, 7) is 5.67. The molecule has 2 N–H and O–H groups in total. The highest BCUT2D eigenvalue weighted by molar-refractivity contribution is 5.74. The predicted molar refractivity (Wildman–Crippen MR) is 58.4 cm³/mol. The number of ether oxygens (including phenoxy) is 2.